The van der Waals surface area contributed by atoms with Crippen LogP contribution in [0.2, 0.25) is 0 Å². The van der Waals surface area contributed by atoms with Crippen LogP contribution in [-0.2, 0) is 23.8 Å². The molecule has 0 saturated carbocycles. The largest absolute Gasteiger partial charge is 0.461 e. The van der Waals surface area contributed by atoms with Crippen LogP contribution in [-0.4, -0.2) is 93.4 Å². The van der Waals surface area contributed by atoms with Gasteiger partial charge >= 0.3 is 5.97 Å². The number of hydrogen-bond acceptors (Lipinski definition) is 10. The Kier molecular flexibility index (Phi) is 6.08. The Labute approximate surface area is 178 Å². The summed E-state index contributed by atoms with van der Waals surface area (Å²) in [5.74, 6) is -2.04. The van der Waals surface area contributed by atoms with Crippen LogP contribution < -0.4 is 0 Å². The normalized spacial score (nSPS) is 45.2. The van der Waals surface area contributed by atoms with Gasteiger partial charge in [-0.3, -0.25) is 9.59 Å². The number of allylic oxidation sites excluding steroid dienone is 1. The van der Waals surface area contributed by atoms with Crippen molar-refractivity contribution in [2.24, 2.45) is 17.8 Å². The Hall–Kier alpha value is -1.66. The fourth-order valence-electron chi connectivity index (χ4n) is 5.17. The van der Waals surface area contributed by atoms with Crippen LogP contribution in [0.1, 0.15) is 20.3 Å². The van der Waals surface area contributed by atoms with Gasteiger partial charge in [-0.25, -0.2) is 0 Å². The van der Waals surface area contributed by atoms with Crippen LogP contribution >= 0.6 is 0 Å². The van der Waals surface area contributed by atoms with Crippen molar-refractivity contribution in [1.82, 2.24) is 0 Å². The molecule has 2 aliphatic carbocycles. The maximum Gasteiger partial charge on any atom is 0.309 e. The van der Waals surface area contributed by atoms with E-state index in [0.717, 1.165) is 0 Å². The zero-order valence-electron chi connectivity index (χ0n) is 17.2. The second kappa shape index (κ2) is 8.36. The van der Waals surface area contributed by atoms with Crippen LogP contribution in [0.4, 0.5) is 0 Å². The van der Waals surface area contributed by atoms with Crippen LogP contribution in [0.15, 0.2) is 22.8 Å². The van der Waals surface area contributed by atoms with Gasteiger partial charge in [0.15, 0.2) is 12.1 Å². The van der Waals surface area contributed by atoms with Crippen molar-refractivity contribution in [2.45, 2.75) is 63.2 Å². The molecule has 0 aromatic carbocycles. The molecule has 2 fully saturated rings. The molecule has 5 N–H and O–H groups in total. The van der Waals surface area contributed by atoms with Gasteiger partial charge in [0.2, 0.25) is 0 Å². The SMILES string of the molecule is CC1=C2C(=O)C=C(CO)[C@@H]2[C@H]2OC(=O)[C@@H](C)[C@@H]2C[C@H]1O[C@H]1O[C@@H](CO)[C@H](O)[C@@H](O)[C@@H]1O. The van der Waals surface area contributed by atoms with E-state index in [-0.39, 0.29) is 24.7 Å². The van der Waals surface area contributed by atoms with Crippen molar-refractivity contribution in [1.29, 1.82) is 0 Å². The van der Waals surface area contributed by atoms with Gasteiger partial charge in [-0.05, 0) is 30.6 Å². The minimum atomic E-state index is -1.60. The minimum Gasteiger partial charge on any atom is -0.461 e. The number of rotatable bonds is 4. The van der Waals surface area contributed by atoms with E-state index in [1.54, 1.807) is 13.8 Å². The number of hydrogen-bond donors (Lipinski definition) is 5. The van der Waals surface area contributed by atoms with Crippen molar-refractivity contribution in [3.05, 3.63) is 22.8 Å². The summed E-state index contributed by atoms with van der Waals surface area (Å²) in [6.45, 7) is 2.50. The fourth-order valence-corrected chi connectivity index (χ4v) is 5.17. The molecule has 0 unspecified atom stereocenters. The molecule has 2 aliphatic heterocycles. The highest BCUT2D eigenvalue weighted by molar-refractivity contribution is 6.09. The molecule has 0 radical (unpaired) electrons. The molecule has 2 heterocycles. The molecule has 10 atom stereocenters. The molecule has 0 aromatic rings. The highest BCUT2D eigenvalue weighted by Gasteiger charge is 2.54. The van der Waals surface area contributed by atoms with E-state index in [2.05, 4.69) is 0 Å². The number of carbonyl (C=O) groups excluding carboxylic acids is 2. The third-order valence-electron chi connectivity index (χ3n) is 7.03. The predicted molar refractivity (Wildman–Crippen MR) is 102 cm³/mol. The molecule has 0 amide bonds. The molecule has 10 nitrogen and oxygen atoms in total. The van der Waals surface area contributed by atoms with E-state index in [4.69, 9.17) is 14.2 Å². The van der Waals surface area contributed by atoms with Gasteiger partial charge in [-0.2, -0.15) is 0 Å². The van der Waals surface area contributed by atoms with Gasteiger partial charge in [0.05, 0.1) is 25.2 Å². The summed E-state index contributed by atoms with van der Waals surface area (Å²) in [7, 11) is 0. The standard InChI is InChI=1S/C21H28O10/c1-7-10-4-12(29-21-18(27)17(26)16(25)13(6-23)30-21)8(2)14-11(24)3-9(5-22)15(14)19(10)31-20(7)28/h3,7,10,12-13,15-19,21-23,25-27H,4-6H2,1-2H3/t7-,10-,12+,13-,15-,16-,17+,18-,19-,21-/m0/s1. The van der Waals surface area contributed by atoms with Gasteiger partial charge < -0.3 is 39.7 Å². The lowest BCUT2D eigenvalue weighted by Gasteiger charge is -2.41. The Bertz CT molecular complexity index is 817. The molecule has 31 heavy (non-hydrogen) atoms. The lowest BCUT2D eigenvalue weighted by Crippen LogP contribution is -2.59. The summed E-state index contributed by atoms with van der Waals surface area (Å²) in [6, 6.07) is 0. The summed E-state index contributed by atoms with van der Waals surface area (Å²) >= 11 is 0. The van der Waals surface area contributed by atoms with Crippen LogP contribution in [0, 0.1) is 17.8 Å². The topological polar surface area (TPSA) is 163 Å². The summed E-state index contributed by atoms with van der Waals surface area (Å²) < 4.78 is 17.1. The number of fused-ring (bicyclic) bond motifs is 3. The highest BCUT2D eigenvalue weighted by Crippen LogP contribution is 2.48. The van der Waals surface area contributed by atoms with E-state index in [1.807, 2.05) is 0 Å². The maximum atomic E-state index is 12.8. The van der Waals surface area contributed by atoms with Crippen molar-refractivity contribution in [2.75, 3.05) is 13.2 Å². The molecule has 0 bridgehead atoms. The van der Waals surface area contributed by atoms with E-state index in [9.17, 15) is 35.1 Å². The third-order valence-corrected chi connectivity index (χ3v) is 7.03. The first-order chi connectivity index (χ1) is 14.7. The third kappa shape index (κ3) is 3.56. The predicted octanol–water partition coefficient (Wildman–Crippen LogP) is -1.81. The van der Waals surface area contributed by atoms with Crippen LogP contribution in [0.3, 0.4) is 0 Å². The Balaban J connectivity index is 1.68. The molecule has 172 valence electrons. The van der Waals surface area contributed by atoms with Crippen LogP contribution in [0.25, 0.3) is 0 Å². The maximum absolute atomic E-state index is 12.8. The molecule has 4 aliphatic rings. The molecular formula is C21H28O10. The summed E-state index contributed by atoms with van der Waals surface area (Å²) in [5.41, 5.74) is 1.42. The van der Waals surface area contributed by atoms with Crippen LogP contribution in [0.5, 0.6) is 0 Å². The molecule has 0 aromatic heterocycles. The van der Waals surface area contributed by atoms with Gasteiger partial charge in [0, 0.05) is 17.4 Å². The quantitative estimate of drug-likeness (QED) is 0.315. The number of aliphatic hydroxyl groups is 5. The Morgan fingerprint density at radius 1 is 1.13 bits per heavy atom. The summed E-state index contributed by atoms with van der Waals surface area (Å²) in [5, 5.41) is 49.6. The van der Waals surface area contributed by atoms with Crippen molar-refractivity contribution >= 4 is 11.8 Å². The van der Waals surface area contributed by atoms with Crippen molar-refractivity contribution in [3.63, 3.8) is 0 Å². The van der Waals surface area contributed by atoms with Gasteiger partial charge in [-0.1, -0.05) is 6.92 Å². The number of ketones is 1. The Morgan fingerprint density at radius 3 is 2.48 bits per heavy atom. The minimum absolute atomic E-state index is 0.282. The zero-order valence-corrected chi connectivity index (χ0v) is 17.2. The number of carbonyl (C=O) groups is 2. The van der Waals surface area contributed by atoms with E-state index in [0.29, 0.717) is 16.7 Å². The molecule has 0 spiro atoms. The lowest BCUT2D eigenvalue weighted by atomic mass is 9.80. The number of ether oxygens (including phenoxy) is 3. The first-order valence-electron chi connectivity index (χ1n) is 10.4. The van der Waals surface area contributed by atoms with Crippen molar-refractivity contribution in [3.8, 4) is 0 Å². The highest BCUT2D eigenvalue weighted by atomic mass is 16.7. The lowest BCUT2D eigenvalue weighted by molar-refractivity contribution is -0.309. The average Bonchev–Trinajstić information content (AvgIpc) is 3.18. The fraction of sp³-hybridized carbons (Fsp3) is 0.714. The summed E-state index contributed by atoms with van der Waals surface area (Å²) in [6.07, 6.45) is -6.96. The number of aliphatic hydroxyl groups excluding tert-OH is 5. The zero-order chi connectivity index (χ0) is 22.6. The van der Waals surface area contributed by atoms with E-state index < -0.39 is 67.3 Å². The average molecular weight is 440 g/mol. The monoisotopic (exact) mass is 440 g/mol. The molecular weight excluding hydrogens is 412 g/mol. The van der Waals surface area contributed by atoms with Gasteiger partial charge in [-0.15, -0.1) is 0 Å². The molecule has 2 saturated heterocycles. The van der Waals surface area contributed by atoms with Crippen molar-refractivity contribution < 1.29 is 49.3 Å². The van der Waals surface area contributed by atoms with E-state index >= 15 is 0 Å². The first-order valence-corrected chi connectivity index (χ1v) is 10.4. The second-order valence-electron chi connectivity index (χ2n) is 8.73. The summed E-state index contributed by atoms with van der Waals surface area (Å²) in [4.78, 5) is 25.1. The Morgan fingerprint density at radius 2 is 1.84 bits per heavy atom. The van der Waals surface area contributed by atoms with Gasteiger partial charge in [0.25, 0.3) is 0 Å². The van der Waals surface area contributed by atoms with E-state index in [1.165, 1.54) is 6.08 Å². The second-order valence-corrected chi connectivity index (χ2v) is 8.73. The smallest absolute Gasteiger partial charge is 0.309 e. The number of esters is 1. The molecule has 10 heteroatoms. The molecule has 4 rings (SSSR count). The first kappa shape index (κ1) is 22.5. The van der Waals surface area contributed by atoms with Gasteiger partial charge in [0.1, 0.15) is 30.5 Å².